The number of hydrogen-bond acceptors (Lipinski definition) is 8. The minimum absolute atomic E-state index is 0.163. The Morgan fingerprint density at radius 3 is 1.08 bits per heavy atom. The van der Waals surface area contributed by atoms with Crippen molar-refractivity contribution in [2.45, 2.75) is 67.5 Å². The third kappa shape index (κ3) is 14.4. The molecule has 6 aromatic carbocycles. The molecule has 0 bridgehead atoms. The third-order valence-electron chi connectivity index (χ3n) is 12.2. The molecule has 0 fully saturated rings. The summed E-state index contributed by atoms with van der Waals surface area (Å²) in [6.07, 6.45) is 0. The molecular formula is C60H66Cl2N4O4P2Ru. The van der Waals surface area contributed by atoms with Gasteiger partial charge in [-0.25, -0.2) is 0 Å². The monoisotopic (exact) mass is 1140 g/mol. The summed E-state index contributed by atoms with van der Waals surface area (Å²) in [5.41, 5.74) is 25.7. The number of pyridine rings is 2. The average molecular weight is 1140 g/mol. The first kappa shape index (κ1) is 57.1. The number of nitrogens with two attached hydrogens (primary N) is 2. The molecule has 0 aliphatic rings. The molecule has 0 radical (unpaired) electrons. The van der Waals surface area contributed by atoms with E-state index in [1.54, 1.807) is 28.4 Å². The fraction of sp³-hybridized carbons (Fsp3) is 0.233. The van der Waals surface area contributed by atoms with Gasteiger partial charge in [0.1, 0.15) is 0 Å². The van der Waals surface area contributed by atoms with Crippen molar-refractivity contribution in [3.8, 4) is 34.6 Å². The minimum atomic E-state index is -1.20. The fourth-order valence-electron chi connectivity index (χ4n) is 9.20. The van der Waals surface area contributed by atoms with Crippen molar-refractivity contribution in [1.82, 2.24) is 9.97 Å². The van der Waals surface area contributed by atoms with Gasteiger partial charge in [0.25, 0.3) is 0 Å². The Labute approximate surface area is 451 Å². The van der Waals surface area contributed by atoms with Crippen LogP contribution in [0.2, 0.25) is 0 Å². The van der Waals surface area contributed by atoms with E-state index in [-0.39, 0.29) is 27.2 Å². The maximum absolute atomic E-state index is 6.29. The Kier molecular flexibility index (Phi) is 21.0. The molecule has 4 N–H and O–H groups in total. The van der Waals surface area contributed by atoms with Crippen molar-refractivity contribution >= 4 is 67.1 Å². The number of aryl methyl sites for hydroxylation is 8. The Hall–Kier alpha value is -5.20. The van der Waals surface area contributed by atoms with Crippen LogP contribution in [-0.2, 0) is 15.1 Å². The van der Waals surface area contributed by atoms with E-state index >= 15 is 0 Å². The van der Waals surface area contributed by atoms with E-state index in [1.807, 2.05) is 60.7 Å². The molecule has 3 unspecified atom stereocenters. The molecule has 0 amide bonds. The Bertz CT molecular complexity index is 2980. The van der Waals surface area contributed by atoms with Crippen LogP contribution in [0.15, 0.2) is 146 Å². The van der Waals surface area contributed by atoms with Crippen LogP contribution in [0.1, 0.15) is 67.7 Å². The molecule has 2 aromatic heterocycles. The van der Waals surface area contributed by atoms with Crippen molar-refractivity contribution in [1.29, 1.82) is 0 Å². The number of aromatic nitrogens is 2. The summed E-state index contributed by atoms with van der Waals surface area (Å²) in [6, 6.07) is 51.0. The van der Waals surface area contributed by atoms with Crippen molar-refractivity contribution < 1.29 is 34.1 Å². The molecule has 0 aliphatic carbocycles. The van der Waals surface area contributed by atoms with Crippen molar-refractivity contribution in [2.24, 2.45) is 11.5 Å². The summed E-state index contributed by atoms with van der Waals surface area (Å²) < 4.78 is 24.4. The average Bonchev–Trinajstić information content (AvgIpc) is 3.36. The second-order valence-electron chi connectivity index (χ2n) is 18.1. The summed E-state index contributed by atoms with van der Waals surface area (Å²) in [4.78, 5) is 9.93. The van der Waals surface area contributed by atoms with Crippen LogP contribution >= 0.6 is 35.2 Å². The van der Waals surface area contributed by atoms with Crippen LogP contribution in [-0.4, -0.2) is 38.4 Å². The van der Waals surface area contributed by atoms with Gasteiger partial charge in [0.05, 0.1) is 39.6 Å². The first-order valence-electron chi connectivity index (χ1n) is 23.7. The van der Waals surface area contributed by atoms with Gasteiger partial charge in [-0.15, -0.1) is 0 Å². The van der Waals surface area contributed by atoms with E-state index in [0.717, 1.165) is 32.9 Å². The second-order valence-corrected chi connectivity index (χ2v) is 25.0. The molecule has 3 atom stereocenters. The van der Waals surface area contributed by atoms with Gasteiger partial charge in [-0.05, 0) is 109 Å². The topological polar surface area (TPSA) is 115 Å². The molecule has 73 heavy (non-hydrogen) atoms. The van der Waals surface area contributed by atoms with E-state index in [9.17, 15) is 0 Å². The predicted octanol–water partition coefficient (Wildman–Crippen LogP) is 11.9. The van der Waals surface area contributed by atoms with Crippen molar-refractivity contribution in [3.05, 3.63) is 201 Å². The summed E-state index contributed by atoms with van der Waals surface area (Å²) in [5.74, 6) is 1.82. The second kappa shape index (κ2) is 26.8. The van der Waals surface area contributed by atoms with Gasteiger partial charge in [0, 0.05) is 34.8 Å². The van der Waals surface area contributed by atoms with E-state index in [1.165, 1.54) is 65.7 Å². The normalized spacial score (nSPS) is 12.2. The summed E-state index contributed by atoms with van der Waals surface area (Å²) in [6.45, 7) is 17.3. The quantitative estimate of drug-likeness (QED) is 0.0817. The van der Waals surface area contributed by atoms with Crippen LogP contribution in [0.3, 0.4) is 0 Å². The van der Waals surface area contributed by atoms with E-state index in [2.05, 4.69) is 140 Å². The molecule has 8 rings (SSSR count). The van der Waals surface area contributed by atoms with E-state index in [4.69, 9.17) is 59.8 Å². The van der Waals surface area contributed by atoms with Crippen molar-refractivity contribution in [3.63, 3.8) is 0 Å². The number of nitrogens with zero attached hydrogens (tertiary/aromatic N) is 2. The molecule has 0 saturated carbocycles. The zero-order valence-electron chi connectivity index (χ0n) is 43.7. The Balaban J connectivity index is 0.000000382. The molecule has 2 heterocycles. The van der Waals surface area contributed by atoms with E-state index < -0.39 is 15.8 Å². The summed E-state index contributed by atoms with van der Waals surface area (Å²) >= 11 is -0.346. The van der Waals surface area contributed by atoms with Crippen LogP contribution in [0.5, 0.6) is 23.5 Å². The Morgan fingerprint density at radius 1 is 0.411 bits per heavy atom. The zero-order valence-corrected chi connectivity index (χ0v) is 48.7. The zero-order chi connectivity index (χ0) is 52.9. The molecular weight excluding hydrogens is 1070 g/mol. The molecule has 382 valence electrons. The standard InChI is InChI=1S/C46H50N2O4P2.C14H16N2.2ClH.Ru/c1-27-13-14-38(34(8)18-27)54(37-23-32(6)17-33(7)24-37)40-26-42(50-10)48-46(52-12)44(40)43-39(25-41(49-9)47-45(43)51-11)53(35-19-28(2)15-29(3)20-35)36-21-30(4)16-31(5)22-36;15-13(11-7-3-1-4-8-11)14(16)12-9-5-2-6-10-12;;;/h13-26H,1-12H3;1-10,13-14H,15-16H2;2*1H;/q;;;;+2/p-2. The van der Waals surface area contributed by atoms with Crippen LogP contribution < -0.4 is 62.2 Å². The summed E-state index contributed by atoms with van der Waals surface area (Å²) in [5, 5.41) is 6.97. The molecule has 0 spiro atoms. The number of hydrogen-bond donors (Lipinski definition) is 2. The summed E-state index contributed by atoms with van der Waals surface area (Å²) in [7, 11) is 14.0. The SMILES string of the molecule is COc1cc(P(c2cc(C)cc(C)c2)c2cc(C)cc(C)c2)c(-c2c(P(c3cc(C)cc(C)c3)c3ccc(C)cc3C)cc(OC)nc2OC)c(OC)n1.NC(c1ccccc1)C(N)c1ccccc1.[Cl][Ru][Cl]. The van der Waals surface area contributed by atoms with Gasteiger partial charge < -0.3 is 30.4 Å². The Morgan fingerprint density at radius 2 is 0.753 bits per heavy atom. The van der Waals surface area contributed by atoms with Gasteiger partial charge >= 0.3 is 34.5 Å². The van der Waals surface area contributed by atoms with E-state index in [0.29, 0.717) is 23.5 Å². The van der Waals surface area contributed by atoms with Gasteiger partial charge in [-0.1, -0.05) is 172 Å². The third-order valence-corrected chi connectivity index (χ3v) is 17.1. The van der Waals surface area contributed by atoms with Crippen LogP contribution in [0.25, 0.3) is 11.1 Å². The molecule has 13 heteroatoms. The number of rotatable bonds is 14. The molecule has 0 saturated heterocycles. The van der Waals surface area contributed by atoms with Gasteiger partial charge in [0.15, 0.2) is 0 Å². The van der Waals surface area contributed by atoms with Crippen LogP contribution in [0, 0.1) is 55.4 Å². The van der Waals surface area contributed by atoms with Crippen LogP contribution in [0.4, 0.5) is 0 Å². The first-order valence-corrected chi connectivity index (χ1v) is 30.8. The maximum atomic E-state index is 6.29. The number of benzene rings is 6. The number of halogens is 2. The van der Waals surface area contributed by atoms with Gasteiger partial charge in [-0.2, -0.15) is 9.97 Å². The van der Waals surface area contributed by atoms with Gasteiger partial charge in [-0.3, -0.25) is 0 Å². The van der Waals surface area contributed by atoms with Crippen molar-refractivity contribution in [2.75, 3.05) is 28.4 Å². The fourth-order valence-corrected chi connectivity index (χ4v) is 14.8. The molecule has 8 aromatic rings. The van der Waals surface area contributed by atoms with Gasteiger partial charge in [0.2, 0.25) is 23.5 Å². The first-order chi connectivity index (χ1) is 35.0. The molecule has 0 aliphatic heterocycles. The molecule has 8 nitrogen and oxygen atoms in total. The number of ether oxygens (including phenoxy) is 4. The predicted molar refractivity (Wildman–Crippen MR) is 307 cm³/mol. The number of methoxy groups -OCH3 is 4.